The lowest BCUT2D eigenvalue weighted by molar-refractivity contribution is -0.384. The normalized spacial score (nSPS) is 15.3. The molecule has 9 nitrogen and oxygen atoms in total. The summed E-state index contributed by atoms with van der Waals surface area (Å²) in [6, 6.07) is 9.55. The van der Waals surface area contributed by atoms with Gasteiger partial charge in [0, 0.05) is 31.9 Å². The van der Waals surface area contributed by atoms with Crippen LogP contribution in [0.4, 0.5) is 17.1 Å². The number of sulfonamides is 1. The second-order valence-corrected chi connectivity index (χ2v) is 10.7. The van der Waals surface area contributed by atoms with Gasteiger partial charge in [-0.3, -0.25) is 14.9 Å². The fourth-order valence-electron chi connectivity index (χ4n) is 3.87. The fourth-order valence-corrected chi connectivity index (χ4v) is 5.36. The molecule has 1 heterocycles. The minimum atomic E-state index is -3.83. The van der Waals surface area contributed by atoms with Gasteiger partial charge in [-0.25, -0.2) is 8.42 Å². The summed E-state index contributed by atoms with van der Waals surface area (Å²) in [5.74, 6) is 0.121. The maximum atomic E-state index is 13.0. The number of nitro benzene ring substituents is 1. The number of carbonyl (C=O) groups excluding carboxylic acids is 1. The molecule has 33 heavy (non-hydrogen) atoms. The van der Waals surface area contributed by atoms with E-state index in [1.165, 1.54) is 21.3 Å². The lowest BCUT2D eigenvalue weighted by Gasteiger charge is -2.29. The zero-order valence-electron chi connectivity index (χ0n) is 19.4. The zero-order chi connectivity index (χ0) is 24.3. The Bertz CT molecular complexity index is 1160. The van der Waals surface area contributed by atoms with Gasteiger partial charge in [-0.05, 0) is 61.9 Å². The van der Waals surface area contributed by atoms with Crippen LogP contribution in [0.5, 0.6) is 0 Å². The Hall–Kier alpha value is -2.98. The van der Waals surface area contributed by atoms with Crippen LogP contribution in [0.3, 0.4) is 0 Å². The van der Waals surface area contributed by atoms with E-state index in [9.17, 15) is 23.3 Å². The molecule has 0 spiro atoms. The maximum Gasteiger partial charge on any atom is 0.293 e. The molecule has 10 heteroatoms. The average molecular weight is 475 g/mol. The SMILES string of the molecule is Cc1ccc(C)c(NC(=O)CN(C)c2ccc(S(=O)(=O)N3CCC(C)CC3)cc2[N+](=O)[O-])c1. The Morgan fingerprint density at radius 3 is 2.48 bits per heavy atom. The summed E-state index contributed by atoms with van der Waals surface area (Å²) < 4.78 is 27.4. The van der Waals surface area contributed by atoms with Crippen LogP contribution in [-0.4, -0.2) is 50.2 Å². The molecule has 1 aliphatic rings. The van der Waals surface area contributed by atoms with E-state index in [1.54, 1.807) is 7.05 Å². The number of amides is 1. The topological polar surface area (TPSA) is 113 Å². The lowest BCUT2D eigenvalue weighted by atomic mass is 10.0. The molecule has 1 amide bonds. The van der Waals surface area contributed by atoms with E-state index >= 15 is 0 Å². The van der Waals surface area contributed by atoms with Crippen LogP contribution in [0.15, 0.2) is 41.3 Å². The number of likely N-dealkylation sites (N-methyl/N-ethyl adjacent to an activating group) is 1. The summed E-state index contributed by atoms with van der Waals surface area (Å²) in [6.07, 6.45) is 1.52. The largest absolute Gasteiger partial charge is 0.360 e. The highest BCUT2D eigenvalue weighted by Crippen LogP contribution is 2.32. The molecule has 1 N–H and O–H groups in total. The van der Waals surface area contributed by atoms with E-state index in [4.69, 9.17) is 0 Å². The molecule has 1 aliphatic heterocycles. The highest BCUT2D eigenvalue weighted by atomic mass is 32.2. The molecule has 3 rings (SSSR count). The molecule has 1 fully saturated rings. The number of anilines is 2. The van der Waals surface area contributed by atoms with Gasteiger partial charge in [0.15, 0.2) is 0 Å². The molecule has 0 atom stereocenters. The van der Waals surface area contributed by atoms with Gasteiger partial charge < -0.3 is 10.2 Å². The Morgan fingerprint density at radius 1 is 1.18 bits per heavy atom. The summed E-state index contributed by atoms with van der Waals surface area (Å²) >= 11 is 0. The summed E-state index contributed by atoms with van der Waals surface area (Å²) in [5.41, 5.74) is 2.40. The quantitative estimate of drug-likeness (QED) is 0.484. The van der Waals surface area contributed by atoms with Crippen LogP contribution in [0.25, 0.3) is 0 Å². The molecule has 0 aromatic heterocycles. The van der Waals surface area contributed by atoms with E-state index in [-0.39, 0.29) is 28.7 Å². The van der Waals surface area contributed by atoms with Crippen molar-refractivity contribution in [1.82, 2.24) is 4.31 Å². The Labute approximate surface area is 194 Å². The summed E-state index contributed by atoms with van der Waals surface area (Å²) in [6.45, 7) is 6.55. The number of hydrogen-bond acceptors (Lipinski definition) is 6. The van der Waals surface area contributed by atoms with E-state index < -0.39 is 14.9 Å². The van der Waals surface area contributed by atoms with Crippen molar-refractivity contribution in [2.24, 2.45) is 5.92 Å². The van der Waals surface area contributed by atoms with Crippen molar-refractivity contribution in [3.63, 3.8) is 0 Å². The summed E-state index contributed by atoms with van der Waals surface area (Å²) in [7, 11) is -2.26. The molecule has 2 aromatic carbocycles. The van der Waals surface area contributed by atoms with Crippen molar-refractivity contribution in [1.29, 1.82) is 0 Å². The van der Waals surface area contributed by atoms with Gasteiger partial charge in [-0.15, -0.1) is 0 Å². The van der Waals surface area contributed by atoms with Gasteiger partial charge in [-0.2, -0.15) is 4.31 Å². The number of nitrogens with one attached hydrogen (secondary N) is 1. The van der Waals surface area contributed by atoms with Gasteiger partial charge in [0.05, 0.1) is 16.4 Å². The first-order chi connectivity index (χ1) is 15.5. The van der Waals surface area contributed by atoms with Gasteiger partial charge in [0.2, 0.25) is 15.9 Å². The number of hydrogen-bond donors (Lipinski definition) is 1. The predicted molar refractivity (Wildman–Crippen MR) is 128 cm³/mol. The lowest BCUT2D eigenvalue weighted by Crippen LogP contribution is -2.38. The van der Waals surface area contributed by atoms with Crippen molar-refractivity contribution in [2.45, 2.75) is 38.5 Å². The summed E-state index contributed by atoms with van der Waals surface area (Å²) in [5, 5.41) is 14.6. The van der Waals surface area contributed by atoms with Crippen LogP contribution in [-0.2, 0) is 14.8 Å². The Morgan fingerprint density at radius 2 is 1.85 bits per heavy atom. The molecule has 0 bridgehead atoms. The van der Waals surface area contributed by atoms with Crippen LogP contribution < -0.4 is 10.2 Å². The molecule has 0 saturated carbocycles. The number of carbonyl (C=O) groups is 1. The fraction of sp³-hybridized carbons (Fsp3) is 0.435. The molecule has 0 aliphatic carbocycles. The van der Waals surface area contributed by atoms with Gasteiger partial charge in [0.1, 0.15) is 5.69 Å². The van der Waals surface area contributed by atoms with E-state index in [0.29, 0.717) is 24.7 Å². The molecule has 0 unspecified atom stereocenters. The van der Waals surface area contributed by atoms with E-state index in [0.717, 1.165) is 30.0 Å². The molecule has 0 radical (unpaired) electrons. The number of piperidine rings is 1. The van der Waals surface area contributed by atoms with Gasteiger partial charge >= 0.3 is 0 Å². The first-order valence-corrected chi connectivity index (χ1v) is 12.3. The second-order valence-electron chi connectivity index (χ2n) is 8.72. The second kappa shape index (κ2) is 9.88. The third-order valence-corrected chi connectivity index (χ3v) is 7.88. The van der Waals surface area contributed by atoms with Crippen LogP contribution >= 0.6 is 0 Å². The number of benzene rings is 2. The van der Waals surface area contributed by atoms with Crippen molar-refractivity contribution in [3.05, 3.63) is 57.6 Å². The third-order valence-electron chi connectivity index (χ3n) is 5.98. The van der Waals surface area contributed by atoms with Gasteiger partial charge in [-0.1, -0.05) is 19.1 Å². The van der Waals surface area contributed by atoms with Crippen LogP contribution in [0, 0.1) is 29.9 Å². The molecule has 1 saturated heterocycles. The minimum absolute atomic E-state index is 0.110. The smallest absolute Gasteiger partial charge is 0.293 e. The van der Waals surface area contributed by atoms with E-state index in [1.807, 2.05) is 32.0 Å². The molecule has 2 aromatic rings. The number of aryl methyl sites for hydroxylation is 2. The number of nitrogens with zero attached hydrogens (tertiary/aromatic N) is 3. The van der Waals surface area contributed by atoms with Gasteiger partial charge in [0.25, 0.3) is 5.69 Å². The predicted octanol–water partition coefficient (Wildman–Crippen LogP) is 3.71. The standard InChI is InChI=1S/C23H30N4O5S/c1-16-9-11-26(12-10-16)33(31,32)19-7-8-21(22(14-19)27(29)30)25(4)15-23(28)24-20-13-17(2)5-6-18(20)3/h5-8,13-14,16H,9-12,15H2,1-4H3,(H,24,28). The zero-order valence-corrected chi connectivity index (χ0v) is 20.2. The van der Waals surface area contributed by atoms with Crippen molar-refractivity contribution in [3.8, 4) is 0 Å². The van der Waals surface area contributed by atoms with Crippen molar-refractivity contribution in [2.75, 3.05) is 36.9 Å². The van der Waals surface area contributed by atoms with Crippen LogP contribution in [0.1, 0.15) is 30.9 Å². The number of nitro groups is 1. The van der Waals surface area contributed by atoms with E-state index in [2.05, 4.69) is 12.2 Å². The first-order valence-electron chi connectivity index (χ1n) is 10.9. The average Bonchev–Trinajstić information content (AvgIpc) is 2.76. The highest BCUT2D eigenvalue weighted by molar-refractivity contribution is 7.89. The number of rotatable bonds is 7. The highest BCUT2D eigenvalue weighted by Gasteiger charge is 2.30. The molecular weight excluding hydrogens is 444 g/mol. The molecular formula is C23H30N4O5S. The first kappa shape index (κ1) is 24.7. The Kier molecular flexibility index (Phi) is 7.38. The Balaban J connectivity index is 1.80. The third kappa shape index (κ3) is 5.69. The monoisotopic (exact) mass is 474 g/mol. The maximum absolute atomic E-state index is 13.0. The van der Waals surface area contributed by atoms with Crippen LogP contribution in [0.2, 0.25) is 0 Å². The molecule has 178 valence electrons. The van der Waals surface area contributed by atoms with Crippen molar-refractivity contribution >= 4 is 33.0 Å². The summed E-state index contributed by atoms with van der Waals surface area (Å²) in [4.78, 5) is 25.0. The van der Waals surface area contributed by atoms with Crippen molar-refractivity contribution < 1.29 is 18.1 Å². The minimum Gasteiger partial charge on any atom is -0.360 e.